The molecule has 0 aromatic heterocycles. The fourth-order valence-electron chi connectivity index (χ4n) is 3.65. The number of nitrogens with zero attached hydrogens (tertiary/aromatic N) is 1. The van der Waals surface area contributed by atoms with E-state index in [-0.39, 0.29) is 17.2 Å². The van der Waals surface area contributed by atoms with E-state index in [1.54, 1.807) is 0 Å². The average Bonchev–Trinajstić information content (AvgIpc) is 2.91. The third kappa shape index (κ3) is 3.16. The van der Waals surface area contributed by atoms with Gasteiger partial charge in [-0.25, -0.2) is 0 Å². The Morgan fingerprint density at radius 1 is 1.05 bits per heavy atom. The van der Waals surface area contributed by atoms with Gasteiger partial charge in [-0.15, -0.1) is 0 Å². The number of benzene rings is 1. The van der Waals surface area contributed by atoms with Crippen LogP contribution in [0.15, 0.2) is 24.3 Å². The van der Waals surface area contributed by atoms with Gasteiger partial charge in [0.2, 0.25) is 11.8 Å². The van der Waals surface area contributed by atoms with Crippen molar-refractivity contribution >= 4 is 11.8 Å². The van der Waals surface area contributed by atoms with Gasteiger partial charge in [-0.2, -0.15) is 0 Å². The summed E-state index contributed by atoms with van der Waals surface area (Å²) in [7, 11) is 0. The predicted molar refractivity (Wildman–Crippen MR) is 83.5 cm³/mol. The van der Waals surface area contributed by atoms with Gasteiger partial charge in [0.25, 0.3) is 0 Å². The first-order valence-electron chi connectivity index (χ1n) is 8.11. The van der Waals surface area contributed by atoms with Crippen LogP contribution in [0.2, 0.25) is 0 Å². The number of likely N-dealkylation sites (tertiary alicyclic amines) is 1. The lowest BCUT2D eigenvalue weighted by Gasteiger charge is -2.37. The molecule has 1 saturated carbocycles. The van der Waals surface area contributed by atoms with Gasteiger partial charge >= 0.3 is 0 Å². The molecule has 22 heavy (non-hydrogen) atoms. The smallest absolute Gasteiger partial charge is 0.229 e. The molecule has 0 unspecified atom stereocenters. The highest BCUT2D eigenvalue weighted by atomic mass is 16.5. The van der Waals surface area contributed by atoms with E-state index in [2.05, 4.69) is 0 Å². The molecule has 2 fully saturated rings. The normalized spacial score (nSPS) is 20.7. The molecule has 1 saturated heterocycles. The highest BCUT2D eigenvalue weighted by Crippen LogP contribution is 2.46. The minimum Gasteiger partial charge on any atom is -0.492 e. The van der Waals surface area contributed by atoms with Crippen LogP contribution in [0.4, 0.5) is 0 Å². The second-order valence-corrected chi connectivity index (χ2v) is 6.66. The van der Waals surface area contributed by atoms with Crippen LogP contribution in [0, 0.1) is 12.3 Å². The van der Waals surface area contributed by atoms with Crippen molar-refractivity contribution in [2.45, 2.75) is 45.4 Å². The molecule has 1 aromatic carbocycles. The van der Waals surface area contributed by atoms with Crippen molar-refractivity contribution in [1.29, 1.82) is 0 Å². The second-order valence-electron chi connectivity index (χ2n) is 6.66. The molecule has 3 rings (SSSR count). The summed E-state index contributed by atoms with van der Waals surface area (Å²) in [5.74, 6) is 0.728. The zero-order chi connectivity index (χ0) is 15.6. The molecule has 2 aliphatic rings. The molecule has 1 aliphatic carbocycles. The highest BCUT2D eigenvalue weighted by molar-refractivity contribution is 5.98. The van der Waals surface area contributed by atoms with Crippen molar-refractivity contribution in [3.8, 4) is 5.75 Å². The van der Waals surface area contributed by atoms with Crippen molar-refractivity contribution in [3.05, 3.63) is 29.8 Å². The summed E-state index contributed by atoms with van der Waals surface area (Å²) < 4.78 is 5.63. The maximum absolute atomic E-state index is 12.3. The Labute approximate surface area is 131 Å². The van der Waals surface area contributed by atoms with Crippen molar-refractivity contribution in [3.63, 3.8) is 0 Å². The number of ether oxygens (including phenoxy) is 1. The number of carbonyl (C=O) groups is 2. The minimum absolute atomic E-state index is 0.0225. The lowest BCUT2D eigenvalue weighted by molar-refractivity contribution is -0.153. The predicted octanol–water partition coefficient (Wildman–Crippen LogP) is 3.08. The summed E-state index contributed by atoms with van der Waals surface area (Å²) >= 11 is 0. The SMILES string of the molecule is Cc1ccc(OCCN2C(=O)CC3(CCCC3)CC2=O)cc1. The summed E-state index contributed by atoms with van der Waals surface area (Å²) in [4.78, 5) is 26.0. The second kappa shape index (κ2) is 6.11. The molecule has 1 heterocycles. The molecule has 2 amide bonds. The van der Waals surface area contributed by atoms with Crippen molar-refractivity contribution in [2.75, 3.05) is 13.2 Å². The molecule has 0 radical (unpaired) electrons. The monoisotopic (exact) mass is 301 g/mol. The van der Waals surface area contributed by atoms with Gasteiger partial charge in [0, 0.05) is 12.8 Å². The van der Waals surface area contributed by atoms with Crippen molar-refractivity contribution in [2.24, 2.45) is 5.41 Å². The Balaban J connectivity index is 1.53. The maximum atomic E-state index is 12.3. The van der Waals surface area contributed by atoms with Gasteiger partial charge < -0.3 is 4.74 Å². The number of hydrogen-bond donors (Lipinski definition) is 0. The van der Waals surface area contributed by atoms with Crippen LogP contribution in [0.25, 0.3) is 0 Å². The van der Waals surface area contributed by atoms with Gasteiger partial charge in [-0.3, -0.25) is 14.5 Å². The third-order valence-electron chi connectivity index (χ3n) is 4.92. The van der Waals surface area contributed by atoms with E-state index in [4.69, 9.17) is 4.74 Å². The van der Waals surface area contributed by atoms with E-state index >= 15 is 0 Å². The van der Waals surface area contributed by atoms with Crippen molar-refractivity contribution in [1.82, 2.24) is 4.90 Å². The average molecular weight is 301 g/mol. The minimum atomic E-state index is -0.0253. The third-order valence-corrected chi connectivity index (χ3v) is 4.92. The van der Waals surface area contributed by atoms with Crippen LogP contribution >= 0.6 is 0 Å². The number of imide groups is 1. The molecule has 0 atom stereocenters. The Morgan fingerprint density at radius 2 is 1.64 bits per heavy atom. The zero-order valence-corrected chi connectivity index (χ0v) is 13.1. The molecular formula is C18H23NO3. The fourth-order valence-corrected chi connectivity index (χ4v) is 3.65. The standard InChI is InChI=1S/C18H23NO3/c1-14-4-6-15(7-5-14)22-11-10-19-16(20)12-18(13-17(19)21)8-2-3-9-18/h4-7H,2-3,8-13H2,1H3. The Morgan fingerprint density at radius 3 is 2.23 bits per heavy atom. The first-order chi connectivity index (χ1) is 10.6. The van der Waals surface area contributed by atoms with Crippen molar-refractivity contribution < 1.29 is 14.3 Å². The van der Waals surface area contributed by atoms with Gasteiger partial charge in [-0.05, 0) is 37.3 Å². The van der Waals surface area contributed by atoms with Gasteiger partial charge in [0.05, 0.1) is 6.54 Å². The number of amides is 2. The molecule has 4 heteroatoms. The largest absolute Gasteiger partial charge is 0.492 e. The molecular weight excluding hydrogens is 278 g/mol. The van der Waals surface area contributed by atoms with E-state index in [1.807, 2.05) is 31.2 Å². The zero-order valence-electron chi connectivity index (χ0n) is 13.1. The van der Waals surface area contributed by atoms with E-state index in [0.29, 0.717) is 26.0 Å². The van der Waals surface area contributed by atoms with Crippen LogP contribution in [-0.2, 0) is 9.59 Å². The summed E-state index contributed by atoms with van der Waals surface area (Å²) in [6, 6.07) is 7.78. The van der Waals surface area contributed by atoms with E-state index in [1.165, 1.54) is 10.5 Å². The highest BCUT2D eigenvalue weighted by Gasteiger charge is 2.44. The molecule has 1 aromatic rings. The first kappa shape index (κ1) is 15.1. The summed E-state index contributed by atoms with van der Waals surface area (Å²) in [6.07, 6.45) is 5.41. The number of piperidine rings is 1. The Kier molecular flexibility index (Phi) is 4.19. The Bertz CT molecular complexity index is 538. The fraction of sp³-hybridized carbons (Fsp3) is 0.556. The number of carbonyl (C=O) groups excluding carboxylic acids is 2. The van der Waals surface area contributed by atoms with Crippen LogP contribution in [0.5, 0.6) is 5.75 Å². The van der Waals surface area contributed by atoms with Gasteiger partial charge in [0.15, 0.2) is 0 Å². The molecule has 1 spiro atoms. The van der Waals surface area contributed by atoms with E-state index in [9.17, 15) is 9.59 Å². The number of rotatable bonds is 4. The molecule has 0 N–H and O–H groups in total. The van der Waals surface area contributed by atoms with E-state index in [0.717, 1.165) is 31.4 Å². The van der Waals surface area contributed by atoms with Gasteiger partial charge in [0.1, 0.15) is 12.4 Å². The molecule has 1 aliphatic heterocycles. The molecule has 4 nitrogen and oxygen atoms in total. The van der Waals surface area contributed by atoms with Crippen LogP contribution < -0.4 is 4.74 Å². The van der Waals surface area contributed by atoms with E-state index < -0.39 is 0 Å². The Hall–Kier alpha value is -1.84. The topological polar surface area (TPSA) is 46.6 Å². The summed E-state index contributed by atoms with van der Waals surface area (Å²) in [5, 5.41) is 0. The maximum Gasteiger partial charge on any atom is 0.229 e. The van der Waals surface area contributed by atoms with Crippen LogP contribution in [0.3, 0.4) is 0 Å². The molecule has 0 bridgehead atoms. The molecule has 118 valence electrons. The summed E-state index contributed by atoms with van der Waals surface area (Å²) in [5.41, 5.74) is 1.15. The van der Waals surface area contributed by atoms with Crippen LogP contribution in [0.1, 0.15) is 44.1 Å². The summed E-state index contributed by atoms with van der Waals surface area (Å²) in [6.45, 7) is 2.73. The quantitative estimate of drug-likeness (QED) is 0.803. The lowest BCUT2D eigenvalue weighted by Crippen LogP contribution is -2.48. The number of aryl methyl sites for hydroxylation is 1. The lowest BCUT2D eigenvalue weighted by atomic mass is 9.76. The van der Waals surface area contributed by atoms with Gasteiger partial charge in [-0.1, -0.05) is 30.5 Å². The number of hydrogen-bond acceptors (Lipinski definition) is 3. The first-order valence-corrected chi connectivity index (χ1v) is 8.11. The van der Waals surface area contributed by atoms with Crippen LogP contribution in [-0.4, -0.2) is 29.9 Å².